The van der Waals surface area contributed by atoms with Crippen molar-refractivity contribution in [1.82, 2.24) is 4.72 Å². The lowest BCUT2D eigenvalue weighted by Gasteiger charge is -2.12. The SMILES string of the molecule is C[C@H](CO)NS(=O)(=O)c1ccc(N)cc1Br. The lowest BCUT2D eigenvalue weighted by Crippen LogP contribution is -2.35. The third-order valence-corrected chi connectivity index (χ3v) is 4.44. The molecular weight excluding hydrogens is 296 g/mol. The van der Waals surface area contributed by atoms with Crippen LogP contribution in [0.1, 0.15) is 6.92 Å². The van der Waals surface area contributed by atoms with Crippen molar-refractivity contribution >= 4 is 31.6 Å². The van der Waals surface area contributed by atoms with E-state index in [4.69, 9.17) is 10.8 Å². The Kier molecular flexibility index (Phi) is 4.31. The number of halogens is 1. The second kappa shape index (κ2) is 5.13. The molecule has 0 aromatic heterocycles. The summed E-state index contributed by atoms with van der Waals surface area (Å²) in [5.41, 5.74) is 5.99. The topological polar surface area (TPSA) is 92.4 Å². The number of benzene rings is 1. The van der Waals surface area contributed by atoms with Crippen LogP contribution in [-0.4, -0.2) is 26.2 Å². The monoisotopic (exact) mass is 308 g/mol. The number of nitrogens with two attached hydrogens (primary N) is 1. The van der Waals surface area contributed by atoms with Crippen molar-refractivity contribution in [3.05, 3.63) is 22.7 Å². The third-order valence-electron chi connectivity index (χ3n) is 1.88. The van der Waals surface area contributed by atoms with Gasteiger partial charge in [0, 0.05) is 16.2 Å². The summed E-state index contributed by atoms with van der Waals surface area (Å²) < 4.78 is 26.4. The minimum absolute atomic E-state index is 0.0991. The van der Waals surface area contributed by atoms with E-state index in [1.54, 1.807) is 6.92 Å². The van der Waals surface area contributed by atoms with Crippen LogP contribution in [0, 0.1) is 0 Å². The zero-order valence-electron chi connectivity index (χ0n) is 8.64. The highest BCUT2D eigenvalue weighted by Crippen LogP contribution is 2.24. The summed E-state index contributed by atoms with van der Waals surface area (Å²) in [7, 11) is -3.63. The Labute approximate surface area is 103 Å². The van der Waals surface area contributed by atoms with Gasteiger partial charge >= 0.3 is 0 Å². The predicted molar refractivity (Wildman–Crippen MR) is 65.4 cm³/mol. The van der Waals surface area contributed by atoms with Crippen LogP contribution in [0.3, 0.4) is 0 Å². The molecule has 0 bridgehead atoms. The molecule has 0 radical (unpaired) electrons. The van der Waals surface area contributed by atoms with Gasteiger partial charge < -0.3 is 10.8 Å². The van der Waals surface area contributed by atoms with Gasteiger partial charge in [0.25, 0.3) is 0 Å². The molecular formula is C9H13BrN2O3S. The molecule has 0 saturated carbocycles. The molecule has 1 atom stereocenters. The predicted octanol–water partition coefficient (Wildman–Crippen LogP) is 0.690. The molecule has 0 saturated heterocycles. The normalized spacial score (nSPS) is 13.7. The van der Waals surface area contributed by atoms with Crippen molar-refractivity contribution in [2.45, 2.75) is 17.9 Å². The van der Waals surface area contributed by atoms with Crippen LogP contribution >= 0.6 is 15.9 Å². The van der Waals surface area contributed by atoms with Crippen molar-refractivity contribution in [3.8, 4) is 0 Å². The third kappa shape index (κ3) is 3.18. The quantitative estimate of drug-likeness (QED) is 0.714. The summed E-state index contributed by atoms with van der Waals surface area (Å²) in [6, 6.07) is 3.89. The van der Waals surface area contributed by atoms with E-state index in [1.165, 1.54) is 18.2 Å². The van der Waals surface area contributed by atoms with Crippen molar-refractivity contribution in [3.63, 3.8) is 0 Å². The fraction of sp³-hybridized carbons (Fsp3) is 0.333. The molecule has 1 aromatic carbocycles. The summed E-state index contributed by atoms with van der Waals surface area (Å²) in [5, 5.41) is 8.80. The minimum atomic E-state index is -3.63. The lowest BCUT2D eigenvalue weighted by molar-refractivity contribution is 0.265. The molecule has 0 aliphatic heterocycles. The van der Waals surface area contributed by atoms with Gasteiger partial charge in [0.05, 0.1) is 11.5 Å². The molecule has 1 rings (SSSR count). The van der Waals surface area contributed by atoms with Gasteiger partial charge in [-0.25, -0.2) is 13.1 Å². The highest BCUT2D eigenvalue weighted by molar-refractivity contribution is 9.10. The average Bonchev–Trinajstić information content (AvgIpc) is 2.16. The Hall–Kier alpha value is -0.630. The largest absolute Gasteiger partial charge is 0.399 e. The van der Waals surface area contributed by atoms with Crippen LogP contribution < -0.4 is 10.5 Å². The Morgan fingerprint density at radius 2 is 2.19 bits per heavy atom. The van der Waals surface area contributed by atoms with E-state index in [0.717, 1.165) is 0 Å². The highest BCUT2D eigenvalue weighted by atomic mass is 79.9. The average molecular weight is 309 g/mol. The number of nitrogens with one attached hydrogen (secondary N) is 1. The molecule has 5 nitrogen and oxygen atoms in total. The standard InChI is InChI=1S/C9H13BrN2O3S/c1-6(5-13)12-16(14,15)9-3-2-7(11)4-8(9)10/h2-4,6,12-13H,5,11H2,1H3/t6-/m1/s1. The van der Waals surface area contributed by atoms with Gasteiger partial charge in [0.1, 0.15) is 0 Å². The molecule has 90 valence electrons. The maximum Gasteiger partial charge on any atom is 0.242 e. The zero-order valence-corrected chi connectivity index (χ0v) is 11.0. The number of sulfonamides is 1. The van der Waals surface area contributed by atoms with Gasteiger partial charge in [0.2, 0.25) is 10.0 Å². The Morgan fingerprint density at radius 3 is 2.69 bits per heavy atom. The van der Waals surface area contributed by atoms with E-state index in [9.17, 15) is 8.42 Å². The number of anilines is 1. The van der Waals surface area contributed by atoms with E-state index in [1.807, 2.05) is 0 Å². The fourth-order valence-corrected chi connectivity index (χ4v) is 3.43. The fourth-order valence-electron chi connectivity index (χ4n) is 1.10. The van der Waals surface area contributed by atoms with E-state index >= 15 is 0 Å². The van der Waals surface area contributed by atoms with Crippen LogP contribution in [0.25, 0.3) is 0 Å². The first kappa shape index (κ1) is 13.4. The highest BCUT2D eigenvalue weighted by Gasteiger charge is 2.19. The van der Waals surface area contributed by atoms with Crippen LogP contribution in [0.4, 0.5) is 5.69 Å². The van der Waals surface area contributed by atoms with Gasteiger partial charge in [-0.2, -0.15) is 0 Å². The molecule has 0 aliphatic rings. The first-order chi connectivity index (χ1) is 7.36. The van der Waals surface area contributed by atoms with E-state index in [2.05, 4.69) is 20.7 Å². The molecule has 0 aliphatic carbocycles. The minimum Gasteiger partial charge on any atom is -0.399 e. The van der Waals surface area contributed by atoms with Crippen LogP contribution in [-0.2, 0) is 10.0 Å². The first-order valence-electron chi connectivity index (χ1n) is 4.55. The van der Waals surface area contributed by atoms with Crippen LogP contribution in [0.2, 0.25) is 0 Å². The maximum atomic E-state index is 11.8. The number of aliphatic hydroxyl groups excluding tert-OH is 1. The van der Waals surface area contributed by atoms with E-state index in [-0.39, 0.29) is 11.5 Å². The number of rotatable bonds is 4. The zero-order chi connectivity index (χ0) is 12.3. The molecule has 0 unspecified atom stereocenters. The second-order valence-corrected chi connectivity index (χ2v) is 5.93. The van der Waals surface area contributed by atoms with Crippen LogP contribution in [0.5, 0.6) is 0 Å². The number of nitrogen functional groups attached to an aromatic ring is 1. The molecule has 0 fully saturated rings. The van der Waals surface area contributed by atoms with Crippen molar-refractivity contribution < 1.29 is 13.5 Å². The smallest absolute Gasteiger partial charge is 0.242 e. The number of hydrogen-bond donors (Lipinski definition) is 3. The Balaban J connectivity index is 3.08. The Bertz CT molecular complexity index is 476. The molecule has 16 heavy (non-hydrogen) atoms. The summed E-state index contributed by atoms with van der Waals surface area (Å²) in [4.78, 5) is 0.0991. The van der Waals surface area contributed by atoms with Crippen molar-refractivity contribution in [2.75, 3.05) is 12.3 Å². The van der Waals surface area contributed by atoms with Crippen LogP contribution in [0.15, 0.2) is 27.6 Å². The molecule has 1 aromatic rings. The number of aliphatic hydroxyl groups is 1. The molecule has 7 heteroatoms. The van der Waals surface area contributed by atoms with E-state index in [0.29, 0.717) is 10.2 Å². The summed E-state index contributed by atoms with van der Waals surface area (Å²) in [5.74, 6) is 0. The lowest BCUT2D eigenvalue weighted by atomic mass is 10.3. The maximum absolute atomic E-state index is 11.8. The number of hydrogen-bond acceptors (Lipinski definition) is 4. The van der Waals surface area contributed by atoms with Gasteiger partial charge in [0.15, 0.2) is 0 Å². The van der Waals surface area contributed by atoms with Gasteiger partial charge in [-0.15, -0.1) is 0 Å². The molecule has 0 heterocycles. The summed E-state index contributed by atoms with van der Waals surface area (Å²) in [6.07, 6.45) is 0. The summed E-state index contributed by atoms with van der Waals surface area (Å²) in [6.45, 7) is 1.31. The Morgan fingerprint density at radius 1 is 1.56 bits per heavy atom. The van der Waals surface area contributed by atoms with Gasteiger partial charge in [-0.1, -0.05) is 0 Å². The van der Waals surface area contributed by atoms with Crippen molar-refractivity contribution in [1.29, 1.82) is 0 Å². The molecule has 0 amide bonds. The second-order valence-electron chi connectivity index (χ2n) is 3.39. The summed E-state index contributed by atoms with van der Waals surface area (Å²) >= 11 is 3.13. The van der Waals surface area contributed by atoms with Gasteiger partial charge in [-0.05, 0) is 41.1 Å². The first-order valence-corrected chi connectivity index (χ1v) is 6.82. The van der Waals surface area contributed by atoms with E-state index < -0.39 is 16.1 Å². The molecule has 4 N–H and O–H groups in total. The van der Waals surface area contributed by atoms with Crippen molar-refractivity contribution in [2.24, 2.45) is 0 Å². The molecule has 0 spiro atoms. The van der Waals surface area contributed by atoms with Gasteiger partial charge in [-0.3, -0.25) is 0 Å².